The molecule has 28 heavy (non-hydrogen) atoms. The molecule has 1 amide bonds. The van der Waals surface area contributed by atoms with Crippen LogP contribution in [0.25, 0.3) is 0 Å². The first-order valence-corrected chi connectivity index (χ1v) is 11.2. The van der Waals surface area contributed by atoms with Gasteiger partial charge < -0.3 is 14.8 Å². The molecule has 1 aromatic rings. The molecule has 1 aliphatic heterocycles. The second-order valence-corrected chi connectivity index (χ2v) is 10.3. The number of rotatable bonds is 5. The van der Waals surface area contributed by atoms with Crippen molar-refractivity contribution in [3.8, 4) is 0 Å². The number of hydrogen-bond acceptors (Lipinski definition) is 4. The topological polar surface area (TPSA) is 53.4 Å². The van der Waals surface area contributed by atoms with Gasteiger partial charge in [0, 0.05) is 52.7 Å². The third-order valence-electron chi connectivity index (χ3n) is 8.01. The number of imidazole rings is 1. The highest BCUT2D eigenvalue weighted by Gasteiger charge is 2.51. The molecule has 154 valence electrons. The summed E-state index contributed by atoms with van der Waals surface area (Å²) in [6.07, 6.45) is 12.3. The van der Waals surface area contributed by atoms with Crippen LogP contribution in [0.5, 0.6) is 0 Å². The zero-order valence-electron chi connectivity index (χ0n) is 17.4. The average molecular weight is 386 g/mol. The normalized spacial score (nSPS) is 37.4. The predicted molar refractivity (Wildman–Crippen MR) is 109 cm³/mol. The number of piperazine rings is 1. The number of amides is 1. The molecule has 1 saturated heterocycles. The summed E-state index contributed by atoms with van der Waals surface area (Å²) in [6, 6.07) is 0.172. The van der Waals surface area contributed by atoms with Crippen molar-refractivity contribution in [3.63, 3.8) is 0 Å². The van der Waals surface area contributed by atoms with Gasteiger partial charge in [-0.2, -0.15) is 0 Å². The number of carbonyl (C=O) groups excluding carboxylic acids is 1. The fourth-order valence-electron chi connectivity index (χ4n) is 7.26. The van der Waals surface area contributed by atoms with Gasteiger partial charge in [-0.05, 0) is 61.7 Å². The van der Waals surface area contributed by atoms with E-state index in [1.165, 1.54) is 38.5 Å². The number of carbonyl (C=O) groups is 1. The molecule has 1 unspecified atom stereocenters. The van der Waals surface area contributed by atoms with Crippen LogP contribution in [0.2, 0.25) is 0 Å². The Morgan fingerprint density at radius 2 is 1.93 bits per heavy atom. The van der Waals surface area contributed by atoms with Crippen LogP contribution in [0.3, 0.4) is 0 Å². The summed E-state index contributed by atoms with van der Waals surface area (Å²) < 4.78 is 2.08. The summed E-state index contributed by atoms with van der Waals surface area (Å²) >= 11 is 0. The van der Waals surface area contributed by atoms with Crippen molar-refractivity contribution in [2.75, 3.05) is 39.8 Å². The Bertz CT molecular complexity index is 693. The molecule has 1 aromatic heterocycles. The molecule has 4 saturated carbocycles. The van der Waals surface area contributed by atoms with Crippen molar-refractivity contribution < 1.29 is 4.79 Å². The molecule has 6 nitrogen and oxygen atoms in total. The van der Waals surface area contributed by atoms with E-state index in [1.807, 2.05) is 26.5 Å². The molecular weight excluding hydrogens is 350 g/mol. The molecule has 2 heterocycles. The Labute approximate surface area is 168 Å². The second-order valence-electron chi connectivity index (χ2n) is 10.3. The van der Waals surface area contributed by atoms with Gasteiger partial charge in [0.15, 0.2) is 0 Å². The van der Waals surface area contributed by atoms with Gasteiger partial charge in [-0.25, -0.2) is 4.98 Å². The van der Waals surface area contributed by atoms with Gasteiger partial charge in [-0.15, -0.1) is 0 Å². The van der Waals surface area contributed by atoms with Gasteiger partial charge in [-0.1, -0.05) is 0 Å². The monoisotopic (exact) mass is 385 g/mol. The van der Waals surface area contributed by atoms with E-state index in [4.69, 9.17) is 0 Å². The first-order valence-electron chi connectivity index (χ1n) is 11.2. The molecule has 4 bridgehead atoms. The average Bonchev–Trinajstić information content (AvgIpc) is 3.06. The van der Waals surface area contributed by atoms with Gasteiger partial charge in [0.25, 0.3) is 0 Å². The number of hydrogen-bond donors (Lipinski definition) is 1. The summed E-state index contributed by atoms with van der Waals surface area (Å²) in [6.45, 7) is 4.16. The maximum atomic E-state index is 13.2. The molecular formula is C22H35N5O. The van der Waals surface area contributed by atoms with Crippen LogP contribution >= 0.6 is 0 Å². The van der Waals surface area contributed by atoms with Crippen LogP contribution in [-0.2, 0) is 11.8 Å². The number of likely N-dealkylation sites (N-methyl/N-ethyl adjacent to an activating group) is 1. The van der Waals surface area contributed by atoms with E-state index in [0.717, 1.165) is 49.8 Å². The zero-order valence-corrected chi connectivity index (χ0v) is 17.4. The standard InChI is InChI=1S/C22H35N5O/c1-25-5-4-24-21(25)19-13-23-3-6-27(19)14-20(28)26(2)15-22-10-16-7-17(11-22)9-18(8-16)12-22/h4-5,16-19,23H,3,6-15H2,1-2H3. The third kappa shape index (κ3) is 3.39. The largest absolute Gasteiger partial charge is 0.344 e. The van der Waals surface area contributed by atoms with Crippen LogP contribution < -0.4 is 5.32 Å². The lowest BCUT2D eigenvalue weighted by atomic mass is 9.49. The molecule has 0 aromatic carbocycles. The van der Waals surface area contributed by atoms with Crippen molar-refractivity contribution >= 4 is 5.91 Å². The number of nitrogens with zero attached hydrogens (tertiary/aromatic N) is 4. The minimum absolute atomic E-state index is 0.172. The molecule has 5 fully saturated rings. The molecule has 5 aliphatic rings. The van der Waals surface area contributed by atoms with Crippen molar-refractivity contribution in [2.45, 2.75) is 44.6 Å². The molecule has 0 radical (unpaired) electrons. The van der Waals surface area contributed by atoms with Crippen LogP contribution in [0.1, 0.15) is 50.4 Å². The van der Waals surface area contributed by atoms with Crippen LogP contribution in [-0.4, -0.2) is 65.0 Å². The van der Waals surface area contributed by atoms with Crippen molar-refractivity contribution in [1.29, 1.82) is 0 Å². The van der Waals surface area contributed by atoms with Crippen LogP contribution in [0.15, 0.2) is 12.4 Å². The van der Waals surface area contributed by atoms with Crippen LogP contribution in [0, 0.1) is 23.2 Å². The highest BCUT2D eigenvalue weighted by molar-refractivity contribution is 5.78. The molecule has 4 aliphatic carbocycles. The fraction of sp³-hybridized carbons (Fsp3) is 0.818. The predicted octanol–water partition coefficient (Wildman–Crippen LogP) is 2.04. The Kier molecular flexibility index (Phi) is 4.74. The summed E-state index contributed by atoms with van der Waals surface area (Å²) in [5.41, 5.74) is 0.418. The Hall–Kier alpha value is -1.40. The lowest BCUT2D eigenvalue weighted by Crippen LogP contribution is -2.54. The molecule has 0 spiro atoms. The molecule has 1 N–H and O–H groups in total. The van der Waals surface area contributed by atoms with Gasteiger partial charge in [-0.3, -0.25) is 9.69 Å². The minimum Gasteiger partial charge on any atom is -0.344 e. The summed E-state index contributed by atoms with van der Waals surface area (Å²) in [7, 11) is 4.08. The van der Waals surface area contributed by atoms with E-state index >= 15 is 0 Å². The smallest absolute Gasteiger partial charge is 0.236 e. The maximum Gasteiger partial charge on any atom is 0.236 e. The van der Waals surface area contributed by atoms with E-state index in [9.17, 15) is 4.79 Å². The Balaban J connectivity index is 1.24. The molecule has 6 heteroatoms. The van der Waals surface area contributed by atoms with E-state index in [0.29, 0.717) is 12.0 Å². The summed E-state index contributed by atoms with van der Waals surface area (Å²) in [5.74, 6) is 4.14. The van der Waals surface area contributed by atoms with E-state index in [1.54, 1.807) is 0 Å². The highest BCUT2D eigenvalue weighted by atomic mass is 16.2. The number of aryl methyl sites for hydroxylation is 1. The van der Waals surface area contributed by atoms with Crippen molar-refractivity contribution in [2.24, 2.45) is 30.2 Å². The molecule has 6 rings (SSSR count). The van der Waals surface area contributed by atoms with Crippen molar-refractivity contribution in [1.82, 2.24) is 24.7 Å². The van der Waals surface area contributed by atoms with Gasteiger partial charge in [0.05, 0.1) is 12.6 Å². The van der Waals surface area contributed by atoms with Gasteiger partial charge >= 0.3 is 0 Å². The Morgan fingerprint density at radius 3 is 2.54 bits per heavy atom. The lowest BCUT2D eigenvalue weighted by molar-refractivity contribution is -0.137. The quantitative estimate of drug-likeness (QED) is 0.843. The third-order valence-corrected chi connectivity index (χ3v) is 8.01. The number of nitrogens with one attached hydrogen (secondary N) is 1. The summed E-state index contributed by atoms with van der Waals surface area (Å²) in [4.78, 5) is 22.1. The zero-order chi connectivity index (χ0) is 19.3. The SMILES string of the molecule is CN(CC12CC3CC(CC(C3)C1)C2)C(=O)CN1CCNCC1c1nccn1C. The summed E-state index contributed by atoms with van der Waals surface area (Å²) in [5, 5.41) is 3.47. The fourth-order valence-corrected chi connectivity index (χ4v) is 7.26. The van der Waals surface area contributed by atoms with E-state index < -0.39 is 0 Å². The second kappa shape index (κ2) is 7.13. The van der Waals surface area contributed by atoms with Gasteiger partial charge in [0.1, 0.15) is 5.82 Å². The van der Waals surface area contributed by atoms with Crippen LogP contribution in [0.4, 0.5) is 0 Å². The number of aromatic nitrogens is 2. The Morgan fingerprint density at radius 1 is 1.25 bits per heavy atom. The van der Waals surface area contributed by atoms with Crippen molar-refractivity contribution in [3.05, 3.63) is 18.2 Å². The van der Waals surface area contributed by atoms with E-state index in [2.05, 4.69) is 24.7 Å². The van der Waals surface area contributed by atoms with Gasteiger partial charge in [0.2, 0.25) is 5.91 Å². The van der Waals surface area contributed by atoms with E-state index in [-0.39, 0.29) is 11.9 Å². The molecule has 1 atom stereocenters. The first-order chi connectivity index (χ1) is 13.5. The maximum absolute atomic E-state index is 13.2. The highest BCUT2D eigenvalue weighted by Crippen LogP contribution is 2.60. The lowest BCUT2D eigenvalue weighted by Gasteiger charge is -2.57. The first kappa shape index (κ1) is 18.6. The minimum atomic E-state index is 0.172.